The number of rotatable bonds is 6. The van der Waals surface area contributed by atoms with E-state index in [1.807, 2.05) is 6.92 Å². The Balaban J connectivity index is 1.38. The van der Waals surface area contributed by atoms with E-state index in [4.69, 9.17) is 0 Å². The molecule has 1 aliphatic carbocycles. The van der Waals surface area contributed by atoms with Gasteiger partial charge in [0.05, 0.1) is 15.9 Å². The molecule has 1 N–H and O–H groups in total. The second-order valence-corrected chi connectivity index (χ2v) is 11.3. The lowest BCUT2D eigenvalue weighted by Gasteiger charge is -2.31. The first kappa shape index (κ1) is 24.3. The molecule has 0 radical (unpaired) electrons. The summed E-state index contributed by atoms with van der Waals surface area (Å²) in [5.74, 6) is -0.327. The minimum atomic E-state index is -3.88. The number of sulfonamides is 1. The van der Waals surface area contributed by atoms with Crippen LogP contribution in [0.3, 0.4) is 0 Å². The van der Waals surface area contributed by atoms with Crippen LogP contribution < -0.4 is 5.32 Å². The van der Waals surface area contributed by atoms with Crippen LogP contribution in [0, 0.1) is 23.0 Å². The predicted octanol–water partition coefficient (Wildman–Crippen LogP) is 4.06. The van der Waals surface area contributed by atoms with E-state index in [1.54, 1.807) is 6.92 Å². The van der Waals surface area contributed by atoms with Crippen LogP contribution in [0.4, 0.5) is 5.69 Å². The highest BCUT2D eigenvalue weighted by atomic mass is 32.2. The number of aryl methyl sites for hydroxylation is 3. The lowest BCUT2D eigenvalue weighted by atomic mass is 9.89. The summed E-state index contributed by atoms with van der Waals surface area (Å²) in [4.78, 5) is 23.4. The van der Waals surface area contributed by atoms with Crippen LogP contribution in [-0.4, -0.2) is 36.6 Å². The zero-order chi connectivity index (χ0) is 24.5. The van der Waals surface area contributed by atoms with Crippen LogP contribution in [0.2, 0.25) is 0 Å². The second kappa shape index (κ2) is 9.84. The van der Waals surface area contributed by atoms with Crippen molar-refractivity contribution in [3.8, 4) is 0 Å². The first-order chi connectivity index (χ1) is 16.2. The third-order valence-corrected chi connectivity index (χ3v) is 9.10. The van der Waals surface area contributed by atoms with E-state index in [9.17, 15) is 23.3 Å². The van der Waals surface area contributed by atoms with Crippen LogP contribution in [-0.2, 0) is 27.7 Å². The Morgan fingerprint density at radius 3 is 2.44 bits per heavy atom. The Hall–Kier alpha value is -2.78. The van der Waals surface area contributed by atoms with Gasteiger partial charge in [-0.3, -0.25) is 14.9 Å². The minimum absolute atomic E-state index is 0.0503. The van der Waals surface area contributed by atoms with Crippen molar-refractivity contribution in [1.82, 2.24) is 9.62 Å². The van der Waals surface area contributed by atoms with Crippen LogP contribution in [0.25, 0.3) is 0 Å². The van der Waals surface area contributed by atoms with Gasteiger partial charge in [-0.2, -0.15) is 4.31 Å². The highest BCUT2D eigenvalue weighted by Crippen LogP contribution is 2.29. The molecule has 1 fully saturated rings. The molecular formula is C25H31N3O5S. The molecule has 0 bridgehead atoms. The molecule has 0 aromatic heterocycles. The van der Waals surface area contributed by atoms with Crippen molar-refractivity contribution in [3.05, 3.63) is 68.8 Å². The van der Waals surface area contributed by atoms with Crippen LogP contribution in [0.1, 0.15) is 60.9 Å². The van der Waals surface area contributed by atoms with Gasteiger partial charge in [0, 0.05) is 31.1 Å². The topological polar surface area (TPSA) is 110 Å². The number of hydrogen-bond donors (Lipinski definition) is 1. The van der Waals surface area contributed by atoms with E-state index in [-0.39, 0.29) is 41.5 Å². The Morgan fingerprint density at radius 1 is 1.09 bits per heavy atom. The molecule has 9 heteroatoms. The molecule has 1 unspecified atom stereocenters. The zero-order valence-electron chi connectivity index (χ0n) is 19.6. The van der Waals surface area contributed by atoms with Gasteiger partial charge in [0.25, 0.3) is 5.69 Å². The van der Waals surface area contributed by atoms with Gasteiger partial charge in [-0.1, -0.05) is 24.3 Å². The van der Waals surface area contributed by atoms with Crippen LogP contribution >= 0.6 is 0 Å². The first-order valence-corrected chi connectivity index (χ1v) is 13.3. The molecule has 0 spiro atoms. The molecule has 8 nitrogen and oxygen atoms in total. The molecule has 4 rings (SSSR count). The maximum atomic E-state index is 13.1. The molecule has 1 atom stereocenters. The average molecular weight is 486 g/mol. The number of amides is 1. The standard InChI is InChI=1S/C25H31N3O5S/c1-17-7-10-23(28(30)31)16-24(17)34(32,33)27-13-11-20(12-14-27)25(29)26-18(2)21-9-8-19-5-3-4-6-22(19)15-21/h7-10,15-16,18,20H,3-6,11-14H2,1-2H3,(H,26,29). The number of carbonyl (C=O) groups excluding carboxylic acids is 1. The molecule has 2 aromatic rings. The number of nitrogens with one attached hydrogen (secondary N) is 1. The fraction of sp³-hybridized carbons (Fsp3) is 0.480. The van der Waals surface area contributed by atoms with Crippen molar-refractivity contribution in [2.45, 2.75) is 63.3 Å². The highest BCUT2D eigenvalue weighted by molar-refractivity contribution is 7.89. The van der Waals surface area contributed by atoms with Crippen molar-refractivity contribution in [1.29, 1.82) is 0 Å². The number of piperidine rings is 1. The molecule has 0 saturated carbocycles. The van der Waals surface area contributed by atoms with Crippen molar-refractivity contribution in [3.63, 3.8) is 0 Å². The summed E-state index contributed by atoms with van der Waals surface area (Å²) in [6.45, 7) is 4.01. The van der Waals surface area contributed by atoms with Gasteiger partial charge in [0.15, 0.2) is 0 Å². The lowest BCUT2D eigenvalue weighted by molar-refractivity contribution is -0.385. The number of carbonyl (C=O) groups is 1. The summed E-state index contributed by atoms with van der Waals surface area (Å²) in [7, 11) is -3.88. The second-order valence-electron chi connectivity index (χ2n) is 9.35. The molecule has 1 aliphatic heterocycles. The van der Waals surface area contributed by atoms with Crippen molar-refractivity contribution in [2.24, 2.45) is 5.92 Å². The van der Waals surface area contributed by atoms with E-state index in [0.29, 0.717) is 18.4 Å². The van der Waals surface area contributed by atoms with Gasteiger partial charge >= 0.3 is 0 Å². The fourth-order valence-electron chi connectivity index (χ4n) is 4.91. The molecular weight excluding hydrogens is 454 g/mol. The normalized spacial score (nSPS) is 18.2. The molecule has 1 amide bonds. The van der Waals surface area contributed by atoms with E-state index >= 15 is 0 Å². The summed E-state index contributed by atoms with van der Waals surface area (Å²) in [6, 6.07) is 10.2. The zero-order valence-corrected chi connectivity index (χ0v) is 20.4. The summed E-state index contributed by atoms with van der Waals surface area (Å²) in [5, 5.41) is 14.2. The lowest BCUT2D eigenvalue weighted by Crippen LogP contribution is -2.43. The monoisotopic (exact) mass is 485 g/mol. The maximum Gasteiger partial charge on any atom is 0.270 e. The van der Waals surface area contributed by atoms with E-state index in [1.165, 1.54) is 40.4 Å². The molecule has 182 valence electrons. The smallest absolute Gasteiger partial charge is 0.270 e. The Labute approximate surface area is 200 Å². The predicted molar refractivity (Wildman–Crippen MR) is 129 cm³/mol. The molecule has 2 aromatic carbocycles. The largest absolute Gasteiger partial charge is 0.349 e. The Bertz CT molecular complexity index is 1200. The summed E-state index contributed by atoms with van der Waals surface area (Å²) in [6.07, 6.45) is 5.46. The third-order valence-electron chi connectivity index (χ3n) is 7.06. The van der Waals surface area contributed by atoms with Gasteiger partial charge < -0.3 is 5.32 Å². The fourth-order valence-corrected chi connectivity index (χ4v) is 6.63. The van der Waals surface area contributed by atoms with Crippen LogP contribution in [0.15, 0.2) is 41.3 Å². The van der Waals surface area contributed by atoms with Crippen molar-refractivity contribution in [2.75, 3.05) is 13.1 Å². The summed E-state index contributed by atoms with van der Waals surface area (Å²) >= 11 is 0. The van der Waals surface area contributed by atoms with Crippen molar-refractivity contribution >= 4 is 21.6 Å². The number of nitrogens with zero attached hydrogens (tertiary/aromatic N) is 2. The van der Waals surface area contributed by atoms with Crippen LogP contribution in [0.5, 0.6) is 0 Å². The SMILES string of the molecule is Cc1ccc([N+](=O)[O-])cc1S(=O)(=O)N1CCC(C(=O)NC(C)c2ccc3c(c2)CCCC3)CC1. The Kier molecular flexibility index (Phi) is 7.04. The number of fused-ring (bicyclic) bond motifs is 1. The Morgan fingerprint density at radius 2 is 1.76 bits per heavy atom. The van der Waals surface area contributed by atoms with Gasteiger partial charge in [-0.15, -0.1) is 0 Å². The van der Waals surface area contributed by atoms with E-state index in [2.05, 4.69) is 23.5 Å². The number of nitro groups is 1. The van der Waals surface area contributed by atoms with Gasteiger partial charge in [-0.05, 0) is 74.6 Å². The van der Waals surface area contributed by atoms with Gasteiger partial charge in [-0.25, -0.2) is 8.42 Å². The molecule has 2 aliphatic rings. The number of hydrogen-bond acceptors (Lipinski definition) is 5. The minimum Gasteiger partial charge on any atom is -0.349 e. The quantitative estimate of drug-likeness (QED) is 0.490. The van der Waals surface area contributed by atoms with Gasteiger partial charge in [0.1, 0.15) is 0 Å². The number of nitro benzene ring substituents is 1. The summed E-state index contributed by atoms with van der Waals surface area (Å²) in [5.41, 5.74) is 4.08. The number of benzene rings is 2. The number of non-ortho nitro benzene ring substituents is 1. The van der Waals surface area contributed by atoms with E-state index < -0.39 is 14.9 Å². The molecule has 1 saturated heterocycles. The average Bonchev–Trinajstić information content (AvgIpc) is 2.83. The molecule has 34 heavy (non-hydrogen) atoms. The highest BCUT2D eigenvalue weighted by Gasteiger charge is 2.34. The molecule has 1 heterocycles. The first-order valence-electron chi connectivity index (χ1n) is 11.8. The summed E-state index contributed by atoms with van der Waals surface area (Å²) < 4.78 is 27.6. The van der Waals surface area contributed by atoms with Gasteiger partial charge in [0.2, 0.25) is 15.9 Å². The third kappa shape index (κ3) is 5.00. The van der Waals surface area contributed by atoms with Crippen molar-refractivity contribution < 1.29 is 18.1 Å². The maximum absolute atomic E-state index is 13.1. The van der Waals surface area contributed by atoms with E-state index in [0.717, 1.165) is 24.5 Å².